The van der Waals surface area contributed by atoms with Gasteiger partial charge in [0.15, 0.2) is 0 Å². The van der Waals surface area contributed by atoms with Gasteiger partial charge < -0.3 is 14.7 Å². The Bertz CT molecular complexity index is 1180. The second-order valence-corrected chi connectivity index (χ2v) is 10.5. The van der Waals surface area contributed by atoms with Gasteiger partial charge in [0.2, 0.25) is 5.91 Å². The summed E-state index contributed by atoms with van der Waals surface area (Å²) in [6, 6.07) is 14.0. The van der Waals surface area contributed by atoms with Crippen molar-refractivity contribution in [1.82, 2.24) is 19.4 Å². The summed E-state index contributed by atoms with van der Waals surface area (Å²) in [6.45, 7) is 12.3. The van der Waals surface area contributed by atoms with E-state index in [1.54, 1.807) is 0 Å². The number of nitrogens with zero attached hydrogens (tertiary/aromatic N) is 6. The Morgan fingerprint density at radius 2 is 1.54 bits per heavy atom. The highest BCUT2D eigenvalue weighted by Gasteiger charge is 2.34. The molecule has 1 saturated carbocycles. The Labute approximate surface area is 207 Å². The van der Waals surface area contributed by atoms with Crippen LogP contribution in [0.2, 0.25) is 0 Å². The normalized spacial score (nSPS) is 19.7. The van der Waals surface area contributed by atoms with Gasteiger partial charge in [-0.1, -0.05) is 12.1 Å². The maximum absolute atomic E-state index is 12.4. The predicted molar refractivity (Wildman–Crippen MR) is 141 cm³/mol. The van der Waals surface area contributed by atoms with Crippen molar-refractivity contribution in [3.05, 3.63) is 48.8 Å². The first-order chi connectivity index (χ1) is 17.1. The van der Waals surface area contributed by atoms with Gasteiger partial charge in [-0.25, -0.2) is 4.52 Å². The zero-order valence-corrected chi connectivity index (χ0v) is 20.9. The molecular formula is C28H36N6O. The highest BCUT2D eigenvalue weighted by Crippen LogP contribution is 2.33. The number of carbonyl (C=O) groups excluding carboxylic acids is 1. The van der Waals surface area contributed by atoms with Crippen molar-refractivity contribution in [3.8, 4) is 11.1 Å². The van der Waals surface area contributed by atoms with Gasteiger partial charge in [0.05, 0.1) is 11.2 Å². The van der Waals surface area contributed by atoms with Gasteiger partial charge in [-0.15, -0.1) is 0 Å². The summed E-state index contributed by atoms with van der Waals surface area (Å²) in [5, 5.41) is 4.58. The van der Waals surface area contributed by atoms with E-state index in [0.717, 1.165) is 70.7 Å². The van der Waals surface area contributed by atoms with Gasteiger partial charge in [-0.2, -0.15) is 5.10 Å². The molecule has 0 unspecified atom stereocenters. The molecule has 7 heteroatoms. The molecule has 3 fully saturated rings. The Morgan fingerprint density at radius 1 is 0.857 bits per heavy atom. The standard InChI is InChI=1S/C28H36N6O/c1-21(2)30-11-13-31(14-12-30)25-7-5-22(6-8-25)24-19-27-26(9-10-29-34(27)20-24)32-15-17-33(18-16-32)28(35)23-3-4-23/h5-10,19-21,23H,3-4,11-18H2,1-2H3. The van der Waals surface area contributed by atoms with Gasteiger partial charge in [-0.3, -0.25) is 9.69 Å². The number of hydrogen-bond donors (Lipinski definition) is 0. The lowest BCUT2D eigenvalue weighted by Gasteiger charge is -2.38. The largest absolute Gasteiger partial charge is 0.369 e. The minimum absolute atomic E-state index is 0.304. The maximum atomic E-state index is 12.4. The van der Waals surface area contributed by atoms with Gasteiger partial charge in [0.1, 0.15) is 0 Å². The number of hydrogen-bond acceptors (Lipinski definition) is 5. The molecule has 6 rings (SSSR count). The summed E-state index contributed by atoms with van der Waals surface area (Å²) < 4.78 is 1.99. The molecule has 35 heavy (non-hydrogen) atoms. The van der Waals surface area contributed by atoms with Crippen LogP contribution in [-0.2, 0) is 4.79 Å². The molecule has 7 nitrogen and oxygen atoms in total. The van der Waals surface area contributed by atoms with Gasteiger partial charge in [0, 0.05) is 88.0 Å². The lowest BCUT2D eigenvalue weighted by molar-refractivity contribution is -0.132. The number of aromatic nitrogens is 2. The molecular weight excluding hydrogens is 436 g/mol. The van der Waals surface area contributed by atoms with Crippen LogP contribution in [0.1, 0.15) is 26.7 Å². The first kappa shape index (κ1) is 22.4. The Kier molecular flexibility index (Phi) is 5.88. The number of carbonyl (C=O) groups is 1. The molecule has 2 aromatic heterocycles. The zero-order chi connectivity index (χ0) is 23.9. The molecule has 3 aromatic rings. The van der Waals surface area contributed by atoms with E-state index in [2.05, 4.69) is 81.1 Å². The van der Waals surface area contributed by atoms with Crippen LogP contribution in [0, 0.1) is 5.92 Å². The van der Waals surface area contributed by atoms with E-state index < -0.39 is 0 Å². The van der Waals surface area contributed by atoms with Crippen molar-refractivity contribution < 1.29 is 4.79 Å². The van der Waals surface area contributed by atoms with Crippen LogP contribution >= 0.6 is 0 Å². The molecule has 1 aromatic carbocycles. The average molecular weight is 473 g/mol. The fourth-order valence-corrected chi connectivity index (χ4v) is 5.54. The lowest BCUT2D eigenvalue weighted by atomic mass is 10.1. The van der Waals surface area contributed by atoms with E-state index >= 15 is 0 Å². The number of rotatable bonds is 5. The summed E-state index contributed by atoms with van der Waals surface area (Å²) in [5.74, 6) is 0.665. The smallest absolute Gasteiger partial charge is 0.225 e. The minimum atomic E-state index is 0.304. The Morgan fingerprint density at radius 3 is 2.20 bits per heavy atom. The summed E-state index contributed by atoms with van der Waals surface area (Å²) in [5.41, 5.74) is 6.02. The molecule has 3 aliphatic rings. The minimum Gasteiger partial charge on any atom is -0.369 e. The molecule has 0 radical (unpaired) electrons. The van der Waals surface area contributed by atoms with Crippen LogP contribution in [0.15, 0.2) is 48.8 Å². The van der Waals surface area contributed by atoms with Crippen molar-refractivity contribution >= 4 is 22.8 Å². The van der Waals surface area contributed by atoms with Crippen LogP contribution in [0.3, 0.4) is 0 Å². The van der Waals surface area contributed by atoms with Crippen LogP contribution in [0.4, 0.5) is 11.4 Å². The monoisotopic (exact) mass is 472 g/mol. The maximum Gasteiger partial charge on any atom is 0.225 e. The van der Waals surface area contributed by atoms with Crippen molar-refractivity contribution in [1.29, 1.82) is 0 Å². The van der Waals surface area contributed by atoms with Crippen LogP contribution in [0.5, 0.6) is 0 Å². The molecule has 4 heterocycles. The highest BCUT2D eigenvalue weighted by molar-refractivity contribution is 5.82. The molecule has 0 spiro atoms. The van der Waals surface area contributed by atoms with Gasteiger partial charge >= 0.3 is 0 Å². The van der Waals surface area contributed by atoms with Crippen molar-refractivity contribution in [2.75, 3.05) is 62.2 Å². The van der Waals surface area contributed by atoms with E-state index in [1.807, 2.05) is 10.7 Å². The topological polar surface area (TPSA) is 47.3 Å². The second kappa shape index (κ2) is 9.19. The van der Waals surface area contributed by atoms with Crippen molar-refractivity contribution in [3.63, 3.8) is 0 Å². The third kappa shape index (κ3) is 4.49. The van der Waals surface area contributed by atoms with Crippen molar-refractivity contribution in [2.45, 2.75) is 32.7 Å². The Balaban J connectivity index is 1.16. The predicted octanol–water partition coefficient (Wildman–Crippen LogP) is 3.59. The first-order valence-electron chi connectivity index (χ1n) is 13.2. The van der Waals surface area contributed by atoms with Crippen LogP contribution in [-0.4, -0.2) is 83.7 Å². The lowest BCUT2D eigenvalue weighted by Crippen LogP contribution is -2.49. The number of benzene rings is 1. The number of piperazine rings is 2. The molecule has 0 N–H and O–H groups in total. The summed E-state index contributed by atoms with van der Waals surface area (Å²) in [4.78, 5) is 21.9. The summed E-state index contributed by atoms with van der Waals surface area (Å²) >= 11 is 0. The van der Waals surface area contributed by atoms with Crippen molar-refractivity contribution in [2.24, 2.45) is 5.92 Å². The Hall–Kier alpha value is -3.06. The van der Waals surface area contributed by atoms with Gasteiger partial charge in [-0.05, 0) is 56.5 Å². The summed E-state index contributed by atoms with van der Waals surface area (Å²) in [6.07, 6.45) is 6.16. The molecule has 2 aliphatic heterocycles. The molecule has 1 amide bonds. The van der Waals surface area contributed by atoms with Crippen LogP contribution < -0.4 is 9.80 Å². The molecule has 2 saturated heterocycles. The molecule has 0 atom stereocenters. The average Bonchev–Trinajstić information content (AvgIpc) is 3.66. The van der Waals surface area contributed by atoms with Crippen LogP contribution in [0.25, 0.3) is 16.6 Å². The summed E-state index contributed by atoms with van der Waals surface area (Å²) in [7, 11) is 0. The number of anilines is 2. The SMILES string of the molecule is CC(C)N1CCN(c2ccc(-c3cc4c(N5CCN(C(=O)C6CC6)CC5)ccnn4c3)cc2)CC1. The number of fused-ring (bicyclic) bond motifs is 1. The first-order valence-corrected chi connectivity index (χ1v) is 13.2. The van der Waals surface area contributed by atoms with E-state index in [-0.39, 0.29) is 0 Å². The van der Waals surface area contributed by atoms with Gasteiger partial charge in [0.25, 0.3) is 0 Å². The zero-order valence-electron chi connectivity index (χ0n) is 20.9. The fraction of sp³-hybridized carbons (Fsp3) is 0.500. The third-order valence-corrected chi connectivity index (χ3v) is 7.96. The van der Waals surface area contributed by atoms with E-state index in [4.69, 9.17) is 0 Å². The fourth-order valence-electron chi connectivity index (χ4n) is 5.54. The van der Waals surface area contributed by atoms with E-state index in [1.165, 1.54) is 22.5 Å². The highest BCUT2D eigenvalue weighted by atomic mass is 16.2. The second-order valence-electron chi connectivity index (χ2n) is 10.5. The molecule has 1 aliphatic carbocycles. The third-order valence-electron chi connectivity index (χ3n) is 7.96. The molecule has 184 valence electrons. The number of amides is 1. The van der Waals surface area contributed by atoms with E-state index in [0.29, 0.717) is 17.9 Å². The molecule has 0 bridgehead atoms. The van der Waals surface area contributed by atoms with E-state index in [9.17, 15) is 4.79 Å². The quantitative estimate of drug-likeness (QED) is 0.568.